The lowest BCUT2D eigenvalue weighted by molar-refractivity contribution is 0.540. The summed E-state index contributed by atoms with van der Waals surface area (Å²) >= 11 is 9.56. The second-order valence-electron chi connectivity index (χ2n) is 3.35. The molecule has 2 rings (SSSR count). The number of benzene rings is 1. The lowest BCUT2D eigenvalue weighted by Gasteiger charge is -2.25. The number of rotatable bonds is 0. The average Bonchev–Trinajstić information content (AvgIpc) is 2.12. The van der Waals surface area contributed by atoms with Gasteiger partial charge in [0.2, 0.25) is 0 Å². The lowest BCUT2D eigenvalue weighted by Crippen LogP contribution is -2.27. The van der Waals surface area contributed by atoms with Crippen LogP contribution in [0.1, 0.15) is 24.1 Å². The molecule has 1 aromatic rings. The van der Waals surface area contributed by atoms with E-state index in [4.69, 9.17) is 11.6 Å². The quantitative estimate of drug-likeness (QED) is 0.755. The molecule has 1 N–H and O–H groups in total. The molecule has 0 saturated carbocycles. The molecular weight excluding hydrogens is 249 g/mol. The molecule has 1 aliphatic heterocycles. The molecule has 1 atom stereocenters. The summed E-state index contributed by atoms with van der Waals surface area (Å²) in [6.07, 6.45) is 1.06. The second-order valence-corrected chi connectivity index (χ2v) is 4.56. The highest BCUT2D eigenvalue weighted by molar-refractivity contribution is 9.10. The molecule has 0 spiro atoms. The molecule has 1 nitrogen and oxygen atoms in total. The second kappa shape index (κ2) is 3.60. The van der Waals surface area contributed by atoms with E-state index in [0.717, 1.165) is 22.5 Å². The molecule has 0 amide bonds. The predicted octanol–water partition coefficient (Wildman–Crippen LogP) is 3.31. The van der Waals surface area contributed by atoms with Crippen molar-refractivity contribution in [2.45, 2.75) is 19.4 Å². The Morgan fingerprint density at radius 3 is 3.08 bits per heavy atom. The molecule has 3 heteroatoms. The number of hydrogen-bond donors (Lipinski definition) is 1. The largest absolute Gasteiger partial charge is 0.310 e. The first-order valence-electron chi connectivity index (χ1n) is 4.40. The highest BCUT2D eigenvalue weighted by atomic mass is 79.9. The Balaban J connectivity index is 2.56. The summed E-state index contributed by atoms with van der Waals surface area (Å²) in [5.41, 5.74) is 2.72. The summed E-state index contributed by atoms with van der Waals surface area (Å²) in [6, 6.07) is 4.50. The van der Waals surface area contributed by atoms with E-state index in [1.807, 2.05) is 6.07 Å². The van der Waals surface area contributed by atoms with Gasteiger partial charge in [-0.05, 0) is 53.0 Å². The minimum Gasteiger partial charge on any atom is -0.310 e. The molecule has 0 fully saturated rings. The van der Waals surface area contributed by atoms with E-state index in [-0.39, 0.29) is 0 Å². The summed E-state index contributed by atoms with van der Waals surface area (Å²) in [5, 5.41) is 4.23. The zero-order valence-corrected chi connectivity index (χ0v) is 9.74. The van der Waals surface area contributed by atoms with Crippen molar-refractivity contribution in [3.05, 3.63) is 32.8 Å². The Labute approximate surface area is 91.6 Å². The SMILES string of the molecule is CC1NCCc2c1ccc(Cl)c2Br. The Bertz CT molecular complexity index is 338. The fraction of sp³-hybridized carbons (Fsp3) is 0.400. The van der Waals surface area contributed by atoms with Crippen molar-refractivity contribution in [1.82, 2.24) is 5.32 Å². The summed E-state index contributed by atoms with van der Waals surface area (Å²) in [7, 11) is 0. The maximum atomic E-state index is 6.03. The number of nitrogens with one attached hydrogen (secondary N) is 1. The van der Waals surface area contributed by atoms with Crippen molar-refractivity contribution in [3.8, 4) is 0 Å². The van der Waals surface area contributed by atoms with E-state index in [2.05, 4.69) is 34.2 Å². The molecule has 0 radical (unpaired) electrons. The minimum absolute atomic E-state index is 0.442. The van der Waals surface area contributed by atoms with Gasteiger partial charge in [0.1, 0.15) is 0 Å². The van der Waals surface area contributed by atoms with Crippen LogP contribution in [0.4, 0.5) is 0 Å². The molecule has 70 valence electrons. The molecule has 1 unspecified atom stereocenters. The third-order valence-electron chi connectivity index (χ3n) is 2.52. The molecule has 1 heterocycles. The summed E-state index contributed by atoms with van der Waals surface area (Å²) in [4.78, 5) is 0. The van der Waals surface area contributed by atoms with Crippen molar-refractivity contribution in [2.24, 2.45) is 0 Å². The zero-order chi connectivity index (χ0) is 9.42. The third-order valence-corrected chi connectivity index (χ3v) is 3.97. The van der Waals surface area contributed by atoms with Crippen molar-refractivity contribution in [2.75, 3.05) is 6.54 Å². The lowest BCUT2D eigenvalue weighted by atomic mass is 9.95. The molecule has 0 bridgehead atoms. The van der Waals surface area contributed by atoms with E-state index in [9.17, 15) is 0 Å². The van der Waals surface area contributed by atoms with Gasteiger partial charge in [-0.25, -0.2) is 0 Å². The Hall–Kier alpha value is -0.0500. The molecule has 1 aromatic carbocycles. The average molecular weight is 261 g/mol. The molecule has 1 aliphatic rings. The van der Waals surface area contributed by atoms with Crippen LogP contribution in [0.2, 0.25) is 5.02 Å². The van der Waals surface area contributed by atoms with Crippen molar-refractivity contribution < 1.29 is 0 Å². The molecule has 0 aromatic heterocycles. The summed E-state index contributed by atoms with van der Waals surface area (Å²) in [6.45, 7) is 3.21. The minimum atomic E-state index is 0.442. The van der Waals surface area contributed by atoms with Gasteiger partial charge in [-0.1, -0.05) is 17.7 Å². The normalized spacial score (nSPS) is 21.3. The van der Waals surface area contributed by atoms with Gasteiger partial charge in [0.05, 0.1) is 5.02 Å². The fourth-order valence-electron chi connectivity index (χ4n) is 1.79. The van der Waals surface area contributed by atoms with Crippen molar-refractivity contribution in [3.63, 3.8) is 0 Å². The Morgan fingerprint density at radius 1 is 1.54 bits per heavy atom. The van der Waals surface area contributed by atoms with E-state index >= 15 is 0 Å². The van der Waals surface area contributed by atoms with E-state index < -0.39 is 0 Å². The topological polar surface area (TPSA) is 12.0 Å². The summed E-state index contributed by atoms with van der Waals surface area (Å²) < 4.78 is 1.07. The summed E-state index contributed by atoms with van der Waals surface area (Å²) in [5.74, 6) is 0. The fourth-order valence-corrected chi connectivity index (χ4v) is 2.53. The van der Waals surface area contributed by atoms with Crippen LogP contribution in [0.15, 0.2) is 16.6 Å². The molecule has 0 saturated heterocycles. The first-order valence-corrected chi connectivity index (χ1v) is 5.57. The maximum absolute atomic E-state index is 6.03. The van der Waals surface area contributed by atoms with Gasteiger partial charge >= 0.3 is 0 Å². The number of halogens is 2. The zero-order valence-electron chi connectivity index (χ0n) is 7.40. The van der Waals surface area contributed by atoms with E-state index in [0.29, 0.717) is 6.04 Å². The first-order chi connectivity index (χ1) is 6.20. The van der Waals surface area contributed by atoms with Crippen LogP contribution in [0.25, 0.3) is 0 Å². The standard InChI is InChI=1S/C10H11BrClN/c1-6-7-2-3-9(12)10(11)8(7)4-5-13-6/h2-3,6,13H,4-5H2,1H3. The molecule has 13 heavy (non-hydrogen) atoms. The van der Waals surface area contributed by atoms with Crippen molar-refractivity contribution in [1.29, 1.82) is 0 Å². The highest BCUT2D eigenvalue weighted by Gasteiger charge is 2.18. The highest BCUT2D eigenvalue weighted by Crippen LogP contribution is 2.33. The van der Waals surface area contributed by atoms with Gasteiger partial charge in [-0.2, -0.15) is 0 Å². The Morgan fingerprint density at radius 2 is 2.31 bits per heavy atom. The van der Waals surface area contributed by atoms with Gasteiger partial charge in [-0.15, -0.1) is 0 Å². The van der Waals surface area contributed by atoms with Gasteiger partial charge in [0, 0.05) is 10.5 Å². The van der Waals surface area contributed by atoms with E-state index in [1.54, 1.807) is 0 Å². The smallest absolute Gasteiger partial charge is 0.0551 e. The van der Waals surface area contributed by atoms with Crippen molar-refractivity contribution >= 4 is 27.5 Å². The number of fused-ring (bicyclic) bond motifs is 1. The van der Waals surface area contributed by atoms with Gasteiger partial charge in [0.25, 0.3) is 0 Å². The van der Waals surface area contributed by atoms with Crippen LogP contribution in [0.5, 0.6) is 0 Å². The Kier molecular flexibility index (Phi) is 2.63. The van der Waals surface area contributed by atoms with Crippen LogP contribution in [0, 0.1) is 0 Å². The van der Waals surface area contributed by atoms with Crippen LogP contribution in [-0.4, -0.2) is 6.54 Å². The predicted molar refractivity (Wildman–Crippen MR) is 59.3 cm³/mol. The maximum Gasteiger partial charge on any atom is 0.0551 e. The number of hydrogen-bond acceptors (Lipinski definition) is 1. The van der Waals surface area contributed by atoms with E-state index in [1.165, 1.54) is 11.1 Å². The monoisotopic (exact) mass is 259 g/mol. The first kappa shape index (κ1) is 9.50. The van der Waals surface area contributed by atoms with Gasteiger partial charge in [0.15, 0.2) is 0 Å². The van der Waals surface area contributed by atoms with Crippen LogP contribution in [0.3, 0.4) is 0 Å². The van der Waals surface area contributed by atoms with Crippen LogP contribution < -0.4 is 5.32 Å². The van der Waals surface area contributed by atoms with Crippen LogP contribution >= 0.6 is 27.5 Å². The van der Waals surface area contributed by atoms with Gasteiger partial charge in [-0.3, -0.25) is 0 Å². The van der Waals surface area contributed by atoms with Gasteiger partial charge < -0.3 is 5.32 Å². The van der Waals surface area contributed by atoms with Crippen LogP contribution in [-0.2, 0) is 6.42 Å². The molecule has 0 aliphatic carbocycles. The molecular formula is C10H11BrClN. The third kappa shape index (κ3) is 1.63.